The van der Waals surface area contributed by atoms with Crippen LogP contribution in [-0.4, -0.2) is 56.3 Å². The van der Waals surface area contributed by atoms with Gasteiger partial charge in [0.1, 0.15) is 9.96 Å². The molecular weight excluding hydrogens is 384 g/mol. The highest BCUT2D eigenvalue weighted by atomic mass is 35.5. The van der Waals surface area contributed by atoms with E-state index < -0.39 is 10.0 Å². The predicted octanol–water partition coefficient (Wildman–Crippen LogP) is 2.31. The molecule has 0 unspecified atom stereocenters. The molecule has 1 aromatic carbocycles. The van der Waals surface area contributed by atoms with Crippen molar-refractivity contribution in [2.75, 3.05) is 32.8 Å². The highest BCUT2D eigenvalue weighted by Crippen LogP contribution is 2.22. The number of carbonyl (C=O) groups is 1. The van der Waals surface area contributed by atoms with Gasteiger partial charge in [-0.05, 0) is 35.7 Å². The number of hydrogen-bond acceptors (Lipinski definition) is 5. The number of halogens is 1. The highest BCUT2D eigenvalue weighted by Gasteiger charge is 2.30. The first-order chi connectivity index (χ1) is 12.0. The summed E-state index contributed by atoms with van der Waals surface area (Å²) in [6.07, 6.45) is 0. The largest absolute Gasteiger partial charge is 0.484 e. The van der Waals surface area contributed by atoms with E-state index in [2.05, 4.69) is 0 Å². The van der Waals surface area contributed by atoms with E-state index in [9.17, 15) is 13.2 Å². The molecule has 134 valence electrons. The molecule has 1 fully saturated rings. The third-order valence-electron chi connectivity index (χ3n) is 3.86. The van der Waals surface area contributed by atoms with Crippen molar-refractivity contribution >= 4 is 38.9 Å². The van der Waals surface area contributed by atoms with Gasteiger partial charge in [-0.1, -0.05) is 17.7 Å². The summed E-state index contributed by atoms with van der Waals surface area (Å²) in [5, 5.41) is 2.34. The number of thiophene rings is 1. The van der Waals surface area contributed by atoms with Crippen LogP contribution >= 0.6 is 22.9 Å². The lowest BCUT2D eigenvalue weighted by molar-refractivity contribution is -0.134. The van der Waals surface area contributed by atoms with Gasteiger partial charge in [-0.3, -0.25) is 4.79 Å². The van der Waals surface area contributed by atoms with Gasteiger partial charge in [0.15, 0.2) is 6.61 Å². The maximum atomic E-state index is 12.5. The van der Waals surface area contributed by atoms with Crippen LogP contribution in [0.2, 0.25) is 5.02 Å². The number of piperazine rings is 1. The van der Waals surface area contributed by atoms with E-state index in [0.717, 1.165) is 0 Å². The van der Waals surface area contributed by atoms with Gasteiger partial charge in [-0.25, -0.2) is 8.42 Å². The third kappa shape index (κ3) is 4.33. The van der Waals surface area contributed by atoms with Crippen LogP contribution < -0.4 is 4.74 Å². The first-order valence-electron chi connectivity index (χ1n) is 7.66. The smallest absolute Gasteiger partial charge is 0.260 e. The van der Waals surface area contributed by atoms with E-state index in [1.807, 2.05) is 0 Å². The Balaban J connectivity index is 1.51. The quantitative estimate of drug-likeness (QED) is 0.772. The van der Waals surface area contributed by atoms with Crippen LogP contribution in [0.25, 0.3) is 0 Å². The number of rotatable bonds is 5. The predicted molar refractivity (Wildman–Crippen MR) is 96.6 cm³/mol. The van der Waals surface area contributed by atoms with Gasteiger partial charge in [-0.15, -0.1) is 11.3 Å². The van der Waals surface area contributed by atoms with Crippen LogP contribution in [0.15, 0.2) is 46.0 Å². The lowest BCUT2D eigenvalue weighted by atomic mass is 10.3. The van der Waals surface area contributed by atoms with Gasteiger partial charge >= 0.3 is 0 Å². The lowest BCUT2D eigenvalue weighted by Crippen LogP contribution is -2.51. The Morgan fingerprint density at radius 2 is 1.80 bits per heavy atom. The molecule has 1 aliphatic heterocycles. The number of amides is 1. The highest BCUT2D eigenvalue weighted by molar-refractivity contribution is 7.91. The molecule has 0 radical (unpaired) electrons. The minimum Gasteiger partial charge on any atom is -0.484 e. The second-order valence-electron chi connectivity index (χ2n) is 5.46. The molecule has 0 atom stereocenters. The Bertz CT molecular complexity index is 814. The minimum absolute atomic E-state index is 0.0840. The number of hydrogen-bond donors (Lipinski definition) is 0. The van der Waals surface area contributed by atoms with Gasteiger partial charge in [0, 0.05) is 31.2 Å². The van der Waals surface area contributed by atoms with Crippen LogP contribution in [0.4, 0.5) is 0 Å². The zero-order valence-corrected chi connectivity index (χ0v) is 15.7. The summed E-state index contributed by atoms with van der Waals surface area (Å²) < 4.78 is 32.1. The average Bonchev–Trinajstić information content (AvgIpc) is 3.16. The number of carbonyl (C=O) groups excluding carboxylic acids is 1. The van der Waals surface area contributed by atoms with Gasteiger partial charge in [0.25, 0.3) is 15.9 Å². The summed E-state index contributed by atoms with van der Waals surface area (Å²) in [6.45, 7) is 1.19. The molecule has 2 heterocycles. The summed E-state index contributed by atoms with van der Waals surface area (Å²) >= 11 is 7.00. The second-order valence-corrected chi connectivity index (χ2v) is 9.01. The molecule has 9 heteroatoms. The van der Waals surface area contributed by atoms with E-state index in [-0.39, 0.29) is 25.6 Å². The van der Waals surface area contributed by atoms with Crippen LogP contribution in [0, 0.1) is 0 Å². The van der Waals surface area contributed by atoms with E-state index in [0.29, 0.717) is 28.1 Å². The SMILES string of the molecule is O=C(COc1ccc(Cl)cc1)N1CCN(S(=O)(=O)c2cccs2)CC1. The van der Waals surface area contributed by atoms with Crippen molar-refractivity contribution in [3.63, 3.8) is 0 Å². The molecule has 1 aromatic heterocycles. The third-order valence-corrected chi connectivity index (χ3v) is 7.38. The first-order valence-corrected chi connectivity index (χ1v) is 10.4. The molecule has 2 aromatic rings. The number of ether oxygens (including phenoxy) is 1. The van der Waals surface area contributed by atoms with Gasteiger partial charge in [-0.2, -0.15) is 4.31 Å². The van der Waals surface area contributed by atoms with Crippen molar-refractivity contribution in [2.45, 2.75) is 4.21 Å². The number of nitrogens with zero attached hydrogens (tertiary/aromatic N) is 2. The molecule has 1 saturated heterocycles. The Morgan fingerprint density at radius 3 is 2.40 bits per heavy atom. The molecule has 0 bridgehead atoms. The molecule has 0 N–H and O–H groups in total. The molecule has 0 spiro atoms. The summed E-state index contributed by atoms with van der Waals surface area (Å²) in [6, 6.07) is 10.1. The summed E-state index contributed by atoms with van der Waals surface area (Å²) in [5.41, 5.74) is 0. The van der Waals surface area contributed by atoms with Gasteiger partial charge in [0.05, 0.1) is 0 Å². The van der Waals surface area contributed by atoms with E-state index in [4.69, 9.17) is 16.3 Å². The standard InChI is InChI=1S/C16H17ClN2O4S2/c17-13-3-5-14(6-4-13)23-12-15(20)18-7-9-19(10-8-18)25(21,22)16-2-1-11-24-16/h1-6,11H,7-10,12H2. The Kier molecular flexibility index (Phi) is 5.63. The fraction of sp³-hybridized carbons (Fsp3) is 0.312. The second kappa shape index (κ2) is 7.74. The fourth-order valence-corrected chi connectivity index (χ4v) is 5.18. The molecule has 0 aliphatic carbocycles. The van der Waals surface area contributed by atoms with E-state index in [1.54, 1.807) is 46.7 Å². The van der Waals surface area contributed by atoms with Crippen molar-refractivity contribution in [3.05, 3.63) is 46.8 Å². The van der Waals surface area contributed by atoms with Crippen molar-refractivity contribution in [1.82, 2.24) is 9.21 Å². The summed E-state index contributed by atoms with van der Waals surface area (Å²) in [7, 11) is -3.46. The zero-order chi connectivity index (χ0) is 17.9. The minimum atomic E-state index is -3.46. The maximum absolute atomic E-state index is 12.5. The van der Waals surface area contributed by atoms with Crippen LogP contribution in [0.1, 0.15) is 0 Å². The van der Waals surface area contributed by atoms with Crippen LogP contribution in [0.3, 0.4) is 0 Å². The Labute approximate surface area is 155 Å². The zero-order valence-electron chi connectivity index (χ0n) is 13.3. The van der Waals surface area contributed by atoms with Gasteiger partial charge < -0.3 is 9.64 Å². The molecular formula is C16H17ClN2O4S2. The maximum Gasteiger partial charge on any atom is 0.260 e. The number of sulfonamides is 1. The average molecular weight is 401 g/mol. The topological polar surface area (TPSA) is 66.9 Å². The van der Waals surface area contributed by atoms with E-state index in [1.165, 1.54) is 15.6 Å². The Hall–Kier alpha value is -1.61. The summed E-state index contributed by atoms with van der Waals surface area (Å²) in [4.78, 5) is 13.9. The normalized spacial score (nSPS) is 16.0. The fourth-order valence-electron chi connectivity index (χ4n) is 2.48. The number of benzene rings is 1. The van der Waals surface area contributed by atoms with Crippen molar-refractivity contribution in [2.24, 2.45) is 0 Å². The molecule has 25 heavy (non-hydrogen) atoms. The molecule has 6 nitrogen and oxygen atoms in total. The first kappa shape index (κ1) is 18.2. The van der Waals surface area contributed by atoms with Crippen molar-refractivity contribution in [3.8, 4) is 5.75 Å². The molecule has 1 amide bonds. The molecule has 0 saturated carbocycles. The van der Waals surface area contributed by atoms with E-state index >= 15 is 0 Å². The lowest BCUT2D eigenvalue weighted by Gasteiger charge is -2.33. The Morgan fingerprint density at radius 1 is 1.12 bits per heavy atom. The molecule has 3 rings (SSSR count). The van der Waals surface area contributed by atoms with Gasteiger partial charge in [0.2, 0.25) is 0 Å². The van der Waals surface area contributed by atoms with Crippen molar-refractivity contribution < 1.29 is 17.9 Å². The van der Waals surface area contributed by atoms with Crippen molar-refractivity contribution in [1.29, 1.82) is 0 Å². The summed E-state index contributed by atoms with van der Waals surface area (Å²) in [5.74, 6) is 0.403. The van der Waals surface area contributed by atoms with Crippen LogP contribution in [0.5, 0.6) is 5.75 Å². The monoisotopic (exact) mass is 400 g/mol. The molecule has 1 aliphatic rings. The van der Waals surface area contributed by atoms with Crippen LogP contribution in [-0.2, 0) is 14.8 Å².